The zero-order valence-electron chi connectivity index (χ0n) is 11.2. The maximum absolute atomic E-state index is 12.5. The molecule has 2 amide bonds. The van der Waals surface area contributed by atoms with Crippen LogP contribution in [-0.2, 0) is 9.59 Å². The highest BCUT2D eigenvalue weighted by Crippen LogP contribution is 2.47. The van der Waals surface area contributed by atoms with Crippen LogP contribution in [0, 0.1) is 5.92 Å². The molecule has 0 bridgehead atoms. The number of rotatable bonds is 2. The Morgan fingerprint density at radius 3 is 2.33 bits per heavy atom. The second kappa shape index (κ2) is 3.97. The number of carbonyl (C=O) groups is 2. The van der Waals surface area contributed by atoms with Crippen LogP contribution in [0.5, 0.6) is 0 Å². The SMILES string of the molecule is CC1NC(=O)C(C)(C2CC2)N(C2CCCC2)C1=O. The molecule has 0 spiro atoms. The third kappa shape index (κ3) is 1.57. The quantitative estimate of drug-likeness (QED) is 0.806. The number of hydrogen-bond donors (Lipinski definition) is 1. The van der Waals surface area contributed by atoms with E-state index in [9.17, 15) is 9.59 Å². The van der Waals surface area contributed by atoms with Crippen molar-refractivity contribution in [1.29, 1.82) is 0 Å². The van der Waals surface area contributed by atoms with Crippen molar-refractivity contribution in [3.8, 4) is 0 Å². The number of hydrogen-bond acceptors (Lipinski definition) is 2. The molecule has 1 aliphatic heterocycles. The Kier molecular flexibility index (Phi) is 2.65. The first-order valence-corrected chi connectivity index (χ1v) is 7.19. The van der Waals surface area contributed by atoms with Crippen LogP contribution < -0.4 is 5.32 Å². The molecule has 3 rings (SSSR count). The highest BCUT2D eigenvalue weighted by atomic mass is 16.2. The van der Waals surface area contributed by atoms with Crippen LogP contribution in [-0.4, -0.2) is 34.3 Å². The zero-order chi connectivity index (χ0) is 12.9. The monoisotopic (exact) mass is 250 g/mol. The lowest BCUT2D eigenvalue weighted by Crippen LogP contribution is -2.71. The van der Waals surface area contributed by atoms with E-state index in [0.29, 0.717) is 5.92 Å². The largest absolute Gasteiger partial charge is 0.343 e. The molecule has 2 atom stereocenters. The third-order valence-corrected chi connectivity index (χ3v) is 4.98. The molecule has 2 saturated carbocycles. The fourth-order valence-electron chi connectivity index (χ4n) is 3.70. The highest BCUT2D eigenvalue weighted by molar-refractivity contribution is 6.00. The molecule has 1 saturated heterocycles. The number of amides is 2. The van der Waals surface area contributed by atoms with Crippen LogP contribution in [0.4, 0.5) is 0 Å². The van der Waals surface area contributed by atoms with Crippen LogP contribution in [0.2, 0.25) is 0 Å². The molecule has 2 unspecified atom stereocenters. The van der Waals surface area contributed by atoms with Crippen LogP contribution in [0.3, 0.4) is 0 Å². The van der Waals surface area contributed by atoms with Crippen LogP contribution in [0.15, 0.2) is 0 Å². The summed E-state index contributed by atoms with van der Waals surface area (Å²) in [5.74, 6) is 0.550. The number of carbonyl (C=O) groups excluding carboxylic acids is 2. The summed E-state index contributed by atoms with van der Waals surface area (Å²) in [5, 5.41) is 2.86. The van der Waals surface area contributed by atoms with Gasteiger partial charge in [0.25, 0.3) is 0 Å². The van der Waals surface area contributed by atoms with Crippen LogP contribution in [0.25, 0.3) is 0 Å². The van der Waals surface area contributed by atoms with E-state index in [-0.39, 0.29) is 23.9 Å². The van der Waals surface area contributed by atoms with Crippen LogP contribution in [0.1, 0.15) is 52.4 Å². The maximum Gasteiger partial charge on any atom is 0.246 e. The summed E-state index contributed by atoms with van der Waals surface area (Å²) in [6.07, 6.45) is 6.65. The van der Waals surface area contributed by atoms with Crippen molar-refractivity contribution >= 4 is 11.8 Å². The van der Waals surface area contributed by atoms with Gasteiger partial charge in [0.1, 0.15) is 11.6 Å². The minimum Gasteiger partial charge on any atom is -0.343 e. The second-order valence-electron chi connectivity index (χ2n) is 6.26. The van der Waals surface area contributed by atoms with Crippen molar-refractivity contribution in [3.05, 3.63) is 0 Å². The Morgan fingerprint density at radius 2 is 1.78 bits per heavy atom. The van der Waals surface area contributed by atoms with Gasteiger partial charge in [0.15, 0.2) is 0 Å². The lowest BCUT2D eigenvalue weighted by atomic mass is 9.86. The summed E-state index contributed by atoms with van der Waals surface area (Å²) in [6.45, 7) is 3.77. The molecule has 4 nitrogen and oxygen atoms in total. The summed E-state index contributed by atoms with van der Waals surface area (Å²) >= 11 is 0. The summed E-state index contributed by atoms with van der Waals surface area (Å²) in [6, 6.07) is -0.0680. The number of nitrogens with zero attached hydrogens (tertiary/aromatic N) is 1. The topological polar surface area (TPSA) is 49.4 Å². The lowest BCUT2D eigenvalue weighted by Gasteiger charge is -2.49. The predicted octanol–water partition coefficient (Wildman–Crippen LogP) is 1.44. The van der Waals surface area contributed by atoms with Crippen molar-refractivity contribution in [3.63, 3.8) is 0 Å². The van der Waals surface area contributed by atoms with Gasteiger partial charge in [-0.3, -0.25) is 9.59 Å². The van der Waals surface area contributed by atoms with E-state index in [1.165, 1.54) is 12.8 Å². The molecular formula is C14H22N2O2. The van der Waals surface area contributed by atoms with Gasteiger partial charge in [-0.05, 0) is 45.4 Å². The Labute approximate surface area is 108 Å². The molecule has 2 aliphatic carbocycles. The van der Waals surface area contributed by atoms with Gasteiger partial charge >= 0.3 is 0 Å². The molecule has 3 fully saturated rings. The van der Waals surface area contributed by atoms with E-state index < -0.39 is 5.54 Å². The van der Waals surface area contributed by atoms with E-state index in [1.807, 2.05) is 11.8 Å². The summed E-state index contributed by atoms with van der Waals surface area (Å²) < 4.78 is 0. The highest BCUT2D eigenvalue weighted by Gasteiger charge is 2.58. The molecule has 1 heterocycles. The van der Waals surface area contributed by atoms with Crippen LogP contribution >= 0.6 is 0 Å². The van der Waals surface area contributed by atoms with E-state index >= 15 is 0 Å². The molecule has 4 heteroatoms. The Morgan fingerprint density at radius 1 is 1.17 bits per heavy atom. The molecule has 0 aromatic heterocycles. The van der Waals surface area contributed by atoms with Gasteiger partial charge in [-0.15, -0.1) is 0 Å². The molecule has 0 radical (unpaired) electrons. The first kappa shape index (κ1) is 12.0. The van der Waals surface area contributed by atoms with Gasteiger partial charge in [0.05, 0.1) is 0 Å². The smallest absolute Gasteiger partial charge is 0.246 e. The average Bonchev–Trinajstić information content (AvgIpc) is 3.06. The first-order chi connectivity index (χ1) is 8.55. The summed E-state index contributed by atoms with van der Waals surface area (Å²) in [4.78, 5) is 26.9. The molecule has 1 N–H and O–H groups in total. The van der Waals surface area contributed by atoms with E-state index in [2.05, 4.69) is 5.32 Å². The zero-order valence-corrected chi connectivity index (χ0v) is 11.2. The van der Waals surface area contributed by atoms with Crippen molar-refractivity contribution in [2.24, 2.45) is 5.92 Å². The Bertz CT molecular complexity index is 385. The molecule has 100 valence electrons. The van der Waals surface area contributed by atoms with Crippen molar-refractivity contribution < 1.29 is 9.59 Å². The predicted molar refractivity (Wildman–Crippen MR) is 67.8 cm³/mol. The van der Waals surface area contributed by atoms with E-state index in [4.69, 9.17) is 0 Å². The third-order valence-electron chi connectivity index (χ3n) is 4.98. The molecule has 0 aromatic carbocycles. The van der Waals surface area contributed by atoms with Gasteiger partial charge < -0.3 is 10.2 Å². The fourth-order valence-corrected chi connectivity index (χ4v) is 3.70. The molecular weight excluding hydrogens is 228 g/mol. The van der Waals surface area contributed by atoms with Gasteiger partial charge in [-0.25, -0.2) is 0 Å². The lowest BCUT2D eigenvalue weighted by molar-refractivity contribution is -0.161. The molecule has 3 aliphatic rings. The summed E-state index contributed by atoms with van der Waals surface area (Å²) in [7, 11) is 0. The maximum atomic E-state index is 12.5. The van der Waals surface area contributed by atoms with Gasteiger partial charge in [-0.2, -0.15) is 0 Å². The molecule has 0 aromatic rings. The summed E-state index contributed by atoms with van der Waals surface area (Å²) in [5.41, 5.74) is -0.585. The average molecular weight is 250 g/mol. The Hall–Kier alpha value is -1.06. The van der Waals surface area contributed by atoms with Gasteiger partial charge in [0, 0.05) is 6.04 Å². The Balaban J connectivity index is 1.96. The number of nitrogens with one attached hydrogen (secondary N) is 1. The van der Waals surface area contributed by atoms with Crippen molar-refractivity contribution in [1.82, 2.24) is 10.2 Å². The fraction of sp³-hybridized carbons (Fsp3) is 0.857. The van der Waals surface area contributed by atoms with Gasteiger partial charge in [-0.1, -0.05) is 12.8 Å². The standard InChI is InChI=1S/C14H22N2O2/c1-9-12(17)16(11-5-3-4-6-11)14(2,10-7-8-10)13(18)15-9/h9-11H,3-8H2,1-2H3,(H,15,18). The first-order valence-electron chi connectivity index (χ1n) is 7.19. The molecule has 18 heavy (non-hydrogen) atoms. The number of piperazine rings is 1. The second-order valence-corrected chi connectivity index (χ2v) is 6.26. The normalized spacial score (nSPS) is 38.1. The van der Waals surface area contributed by atoms with Crippen molar-refractivity contribution in [2.45, 2.75) is 70.0 Å². The van der Waals surface area contributed by atoms with E-state index in [1.54, 1.807) is 6.92 Å². The van der Waals surface area contributed by atoms with E-state index in [0.717, 1.165) is 25.7 Å². The minimum absolute atomic E-state index is 0.0593. The van der Waals surface area contributed by atoms with Gasteiger partial charge in [0.2, 0.25) is 11.8 Å². The van der Waals surface area contributed by atoms with Crippen molar-refractivity contribution in [2.75, 3.05) is 0 Å². The minimum atomic E-state index is -0.585.